The second-order valence-corrected chi connectivity index (χ2v) is 14.9. The van der Waals surface area contributed by atoms with E-state index in [1.165, 1.54) is 57.8 Å². The molecule has 0 aromatic rings. The molecule has 5 rings (SSSR count). The summed E-state index contributed by atoms with van der Waals surface area (Å²) in [7, 11) is 0. The third-order valence-electron chi connectivity index (χ3n) is 12.7. The molecule has 0 aliphatic heterocycles. The van der Waals surface area contributed by atoms with Crippen molar-refractivity contribution in [1.29, 1.82) is 0 Å². The molecule has 0 spiro atoms. The van der Waals surface area contributed by atoms with E-state index < -0.39 is 0 Å². The smallest absolute Gasteiger partial charge is 0.138 e. The minimum atomic E-state index is -0.132. The van der Waals surface area contributed by atoms with Gasteiger partial charge in [-0.25, -0.2) is 0 Å². The topological polar surface area (TPSA) is 17.1 Å². The van der Waals surface area contributed by atoms with E-state index in [9.17, 15) is 4.79 Å². The van der Waals surface area contributed by atoms with Gasteiger partial charge in [0.15, 0.2) is 0 Å². The van der Waals surface area contributed by atoms with Crippen molar-refractivity contribution in [2.45, 2.75) is 126 Å². The Hall–Kier alpha value is -0.590. The number of ketones is 1. The maximum atomic E-state index is 12.9. The van der Waals surface area contributed by atoms with Crippen molar-refractivity contribution in [2.75, 3.05) is 0 Å². The number of carbonyl (C=O) groups is 1. The van der Waals surface area contributed by atoms with Gasteiger partial charge in [0.1, 0.15) is 5.78 Å². The summed E-state index contributed by atoms with van der Waals surface area (Å²) in [6.07, 6.45) is 14.1. The molecule has 0 radical (unpaired) electrons. The molecule has 0 bridgehead atoms. The summed E-state index contributed by atoms with van der Waals surface area (Å²) in [6, 6.07) is 0. The van der Waals surface area contributed by atoms with Gasteiger partial charge in [-0.05, 0) is 103 Å². The molecule has 0 aromatic carbocycles. The first-order valence-electron chi connectivity index (χ1n) is 13.5. The predicted molar refractivity (Wildman–Crippen MR) is 130 cm³/mol. The molecule has 0 aromatic heterocycles. The van der Waals surface area contributed by atoms with Gasteiger partial charge in [0, 0.05) is 11.8 Å². The molecule has 31 heavy (non-hydrogen) atoms. The van der Waals surface area contributed by atoms with Crippen molar-refractivity contribution in [3.05, 3.63) is 11.1 Å². The fraction of sp³-hybridized carbons (Fsp3) is 0.900. The molecule has 4 fully saturated rings. The zero-order chi connectivity index (χ0) is 22.7. The largest absolute Gasteiger partial charge is 0.299 e. The second kappa shape index (κ2) is 6.29. The number of fused-ring (bicyclic) bond motifs is 6. The number of hydrogen-bond acceptors (Lipinski definition) is 1. The summed E-state index contributed by atoms with van der Waals surface area (Å²) in [5.41, 5.74) is 5.67. The quantitative estimate of drug-likeness (QED) is 0.356. The van der Waals surface area contributed by atoms with Gasteiger partial charge in [-0.15, -0.1) is 0 Å². The van der Waals surface area contributed by atoms with E-state index in [0.29, 0.717) is 38.8 Å². The predicted octanol–water partition coefficient (Wildman–Crippen LogP) is 8.52. The zero-order valence-electron chi connectivity index (χ0n) is 21.8. The number of allylic oxidation sites excluding steroid dienone is 2. The molecule has 174 valence electrons. The zero-order valence-corrected chi connectivity index (χ0v) is 21.8. The van der Waals surface area contributed by atoms with Crippen LogP contribution in [-0.4, -0.2) is 5.78 Å². The molecule has 5 aliphatic rings. The Bertz CT molecular complexity index is 844. The summed E-state index contributed by atoms with van der Waals surface area (Å²) >= 11 is 0. The van der Waals surface area contributed by atoms with Crippen molar-refractivity contribution >= 4 is 5.78 Å². The Balaban J connectivity index is 1.60. The molecule has 1 nitrogen and oxygen atoms in total. The second-order valence-electron chi connectivity index (χ2n) is 14.9. The Morgan fingerprint density at radius 3 is 2.06 bits per heavy atom. The Morgan fingerprint density at radius 2 is 1.35 bits per heavy atom. The highest BCUT2D eigenvalue weighted by Gasteiger charge is 2.67. The van der Waals surface area contributed by atoms with Gasteiger partial charge in [-0.3, -0.25) is 4.79 Å². The summed E-state index contributed by atoms with van der Waals surface area (Å²) in [6.45, 7) is 20.1. The van der Waals surface area contributed by atoms with Crippen molar-refractivity contribution in [2.24, 2.45) is 44.3 Å². The molecular weight excluding hydrogens is 376 g/mol. The minimum absolute atomic E-state index is 0.132. The lowest BCUT2D eigenvalue weighted by Gasteiger charge is -2.70. The first-order valence-corrected chi connectivity index (χ1v) is 13.5. The molecule has 6 atom stereocenters. The highest BCUT2D eigenvalue weighted by molar-refractivity contribution is 5.85. The average Bonchev–Trinajstić information content (AvgIpc) is 2.67. The number of rotatable bonds is 0. The summed E-state index contributed by atoms with van der Waals surface area (Å²) in [5, 5.41) is 0. The van der Waals surface area contributed by atoms with Crippen molar-refractivity contribution in [3.8, 4) is 0 Å². The van der Waals surface area contributed by atoms with Gasteiger partial charge in [-0.1, -0.05) is 66.5 Å². The summed E-state index contributed by atoms with van der Waals surface area (Å²) < 4.78 is 0. The Labute approximate surface area is 192 Å². The molecule has 0 N–H and O–H groups in total. The lowest BCUT2D eigenvalue weighted by Crippen LogP contribution is -2.63. The Kier molecular flexibility index (Phi) is 4.51. The molecule has 0 heterocycles. The SMILES string of the molecule is CC1(C)CC[C@@]2(C)CC[C@@]3(C)C(=C2C1)CC[C@H]1[C@]2(C)CCC(=O)C(C)(C)[C@H]2CC[C@@]13C. The molecule has 0 unspecified atom stereocenters. The van der Waals surface area contributed by atoms with Crippen LogP contribution >= 0.6 is 0 Å². The standard InChI is InChI=1S/C30H48O/c1-25(2)15-16-27(5)17-18-29(7)20(21(27)19-25)9-10-23-28(6)13-12-24(31)26(3,4)22(28)11-14-30(23,29)8/h22-23H,9-19H2,1-8H3/t22-,23+,27+,28-,29+,30+/m1/s1. The van der Waals surface area contributed by atoms with Crippen LogP contribution in [0.1, 0.15) is 126 Å². The van der Waals surface area contributed by atoms with E-state index in [4.69, 9.17) is 0 Å². The van der Waals surface area contributed by atoms with E-state index in [1.54, 1.807) is 0 Å². The lowest BCUT2D eigenvalue weighted by molar-refractivity contribution is -0.184. The highest BCUT2D eigenvalue weighted by Crippen LogP contribution is 2.75. The number of carbonyl (C=O) groups excluding carboxylic acids is 1. The first kappa shape index (κ1) is 22.2. The third-order valence-corrected chi connectivity index (χ3v) is 12.7. The maximum Gasteiger partial charge on any atom is 0.138 e. The molecule has 0 amide bonds. The van der Waals surface area contributed by atoms with Gasteiger partial charge in [0.05, 0.1) is 0 Å². The van der Waals surface area contributed by atoms with Gasteiger partial charge in [0.2, 0.25) is 0 Å². The molecule has 1 heteroatoms. The van der Waals surface area contributed by atoms with E-state index in [-0.39, 0.29) is 5.41 Å². The van der Waals surface area contributed by atoms with E-state index in [1.807, 2.05) is 11.1 Å². The first-order chi connectivity index (χ1) is 14.2. The van der Waals surface area contributed by atoms with Crippen LogP contribution in [0.15, 0.2) is 11.1 Å². The van der Waals surface area contributed by atoms with Crippen LogP contribution < -0.4 is 0 Å². The minimum Gasteiger partial charge on any atom is -0.299 e. The van der Waals surface area contributed by atoms with Crippen LogP contribution in [0, 0.1) is 44.3 Å². The van der Waals surface area contributed by atoms with Crippen molar-refractivity contribution < 1.29 is 4.79 Å². The van der Waals surface area contributed by atoms with Crippen LogP contribution in [0.4, 0.5) is 0 Å². The van der Waals surface area contributed by atoms with Gasteiger partial charge in [0.25, 0.3) is 0 Å². The van der Waals surface area contributed by atoms with Crippen LogP contribution in [0.25, 0.3) is 0 Å². The average molecular weight is 425 g/mol. The Morgan fingerprint density at radius 1 is 0.677 bits per heavy atom. The fourth-order valence-electron chi connectivity index (χ4n) is 10.3. The van der Waals surface area contributed by atoms with Crippen LogP contribution in [-0.2, 0) is 4.79 Å². The fourth-order valence-corrected chi connectivity index (χ4v) is 10.3. The van der Waals surface area contributed by atoms with Crippen LogP contribution in [0.2, 0.25) is 0 Å². The highest BCUT2D eigenvalue weighted by atomic mass is 16.1. The van der Waals surface area contributed by atoms with Crippen molar-refractivity contribution in [1.82, 2.24) is 0 Å². The van der Waals surface area contributed by atoms with E-state index in [0.717, 1.165) is 18.8 Å². The van der Waals surface area contributed by atoms with Crippen molar-refractivity contribution in [3.63, 3.8) is 0 Å². The third kappa shape index (κ3) is 2.70. The number of hydrogen-bond donors (Lipinski definition) is 0. The molecular formula is C30H48O. The van der Waals surface area contributed by atoms with Gasteiger partial charge >= 0.3 is 0 Å². The van der Waals surface area contributed by atoms with Crippen LogP contribution in [0.5, 0.6) is 0 Å². The summed E-state index contributed by atoms with van der Waals surface area (Å²) in [4.78, 5) is 12.9. The van der Waals surface area contributed by atoms with E-state index >= 15 is 0 Å². The van der Waals surface area contributed by atoms with E-state index in [2.05, 4.69) is 55.4 Å². The number of Topliss-reactive ketones (excluding diaryl/α,β-unsaturated/α-hetero) is 1. The monoisotopic (exact) mass is 424 g/mol. The summed E-state index contributed by atoms with van der Waals surface area (Å²) in [5.74, 6) is 1.86. The molecule has 4 saturated carbocycles. The normalized spacial score (nSPS) is 50.8. The molecule has 5 aliphatic carbocycles. The van der Waals surface area contributed by atoms with Gasteiger partial charge < -0.3 is 0 Å². The molecule has 0 saturated heterocycles. The van der Waals surface area contributed by atoms with Crippen LogP contribution in [0.3, 0.4) is 0 Å². The maximum absolute atomic E-state index is 12.9. The van der Waals surface area contributed by atoms with Gasteiger partial charge in [-0.2, -0.15) is 0 Å². The lowest BCUT2D eigenvalue weighted by atomic mass is 9.34.